The first kappa shape index (κ1) is 16.1. The summed E-state index contributed by atoms with van der Waals surface area (Å²) in [7, 11) is -3.82. The summed E-state index contributed by atoms with van der Waals surface area (Å²) < 4.78 is 28.6. The summed E-state index contributed by atoms with van der Waals surface area (Å²) in [5.74, 6) is 0. The topological polar surface area (TPSA) is 107 Å². The summed E-state index contributed by atoms with van der Waals surface area (Å²) in [6.45, 7) is 4.57. The molecule has 0 atom stereocenters. The highest BCUT2D eigenvalue weighted by Gasteiger charge is 2.18. The molecule has 0 aliphatic rings. The van der Waals surface area contributed by atoms with Crippen LogP contribution in [0.1, 0.15) is 18.2 Å². The lowest BCUT2D eigenvalue weighted by molar-refractivity contribution is -0.385. The first-order chi connectivity index (χ1) is 10.3. The van der Waals surface area contributed by atoms with Crippen LogP contribution in [0.4, 0.5) is 5.69 Å². The minimum atomic E-state index is -3.82. The van der Waals surface area contributed by atoms with E-state index in [-0.39, 0.29) is 17.1 Å². The Morgan fingerprint density at radius 2 is 2.14 bits per heavy atom. The lowest BCUT2D eigenvalue weighted by Gasteiger charge is -2.07. The Morgan fingerprint density at radius 1 is 1.41 bits per heavy atom. The van der Waals surface area contributed by atoms with E-state index < -0.39 is 14.9 Å². The molecule has 0 saturated heterocycles. The van der Waals surface area contributed by atoms with Crippen molar-refractivity contribution in [2.75, 3.05) is 0 Å². The highest BCUT2D eigenvalue weighted by Crippen LogP contribution is 2.17. The maximum atomic E-state index is 12.2. The zero-order valence-corrected chi connectivity index (χ0v) is 13.0. The predicted molar refractivity (Wildman–Crippen MR) is 79.8 cm³/mol. The molecule has 2 rings (SSSR count). The fraction of sp³-hybridized carbons (Fsp3) is 0.308. The highest BCUT2D eigenvalue weighted by atomic mass is 32.2. The summed E-state index contributed by atoms with van der Waals surface area (Å²) in [6, 6.07) is 4.93. The van der Waals surface area contributed by atoms with E-state index >= 15 is 0 Å². The van der Waals surface area contributed by atoms with Crippen LogP contribution in [0.2, 0.25) is 0 Å². The number of hydrogen-bond acceptors (Lipinski definition) is 5. The SMILES string of the molecule is CCn1ncc(CNS(=O)(=O)c2cccc([N+](=O)[O-])c2)c1C. The second-order valence-electron chi connectivity index (χ2n) is 4.65. The summed E-state index contributed by atoms with van der Waals surface area (Å²) in [5, 5.41) is 14.9. The third kappa shape index (κ3) is 3.31. The molecule has 1 N–H and O–H groups in total. The number of rotatable bonds is 6. The molecule has 0 spiro atoms. The maximum absolute atomic E-state index is 12.2. The molecule has 0 aliphatic carbocycles. The molecule has 2 aromatic rings. The van der Waals surface area contributed by atoms with Gasteiger partial charge >= 0.3 is 0 Å². The van der Waals surface area contributed by atoms with Crippen molar-refractivity contribution in [2.45, 2.75) is 31.8 Å². The largest absolute Gasteiger partial charge is 0.270 e. The van der Waals surface area contributed by atoms with Gasteiger partial charge in [-0.3, -0.25) is 14.8 Å². The van der Waals surface area contributed by atoms with Crippen molar-refractivity contribution in [3.8, 4) is 0 Å². The van der Waals surface area contributed by atoms with E-state index in [0.717, 1.165) is 17.3 Å². The number of non-ortho nitro benzene ring substituents is 1. The Morgan fingerprint density at radius 3 is 2.73 bits per heavy atom. The van der Waals surface area contributed by atoms with Gasteiger partial charge in [0, 0.05) is 36.5 Å². The van der Waals surface area contributed by atoms with E-state index in [1.54, 1.807) is 10.9 Å². The summed E-state index contributed by atoms with van der Waals surface area (Å²) >= 11 is 0. The van der Waals surface area contributed by atoms with E-state index in [9.17, 15) is 18.5 Å². The van der Waals surface area contributed by atoms with Crippen LogP contribution in [0.15, 0.2) is 35.4 Å². The summed E-state index contributed by atoms with van der Waals surface area (Å²) in [4.78, 5) is 9.95. The van der Waals surface area contributed by atoms with Crippen molar-refractivity contribution >= 4 is 15.7 Å². The van der Waals surface area contributed by atoms with E-state index in [0.29, 0.717) is 6.54 Å². The summed E-state index contributed by atoms with van der Waals surface area (Å²) in [6.07, 6.45) is 1.61. The zero-order chi connectivity index (χ0) is 16.3. The van der Waals surface area contributed by atoms with Crippen LogP contribution in [0.5, 0.6) is 0 Å². The molecule has 22 heavy (non-hydrogen) atoms. The molecule has 0 amide bonds. The average Bonchev–Trinajstić information content (AvgIpc) is 2.85. The second kappa shape index (κ2) is 6.24. The highest BCUT2D eigenvalue weighted by molar-refractivity contribution is 7.89. The molecule has 0 fully saturated rings. The molecule has 9 heteroatoms. The molecule has 1 aromatic heterocycles. The molecule has 1 heterocycles. The molecule has 1 aromatic carbocycles. The van der Waals surface area contributed by atoms with Gasteiger partial charge in [-0.25, -0.2) is 13.1 Å². The lowest BCUT2D eigenvalue weighted by Crippen LogP contribution is -2.23. The fourth-order valence-electron chi connectivity index (χ4n) is 2.00. The van der Waals surface area contributed by atoms with Crippen LogP contribution in [-0.4, -0.2) is 23.1 Å². The molecule has 8 nitrogen and oxygen atoms in total. The van der Waals surface area contributed by atoms with Gasteiger partial charge in [-0.2, -0.15) is 5.10 Å². The Hall–Kier alpha value is -2.26. The van der Waals surface area contributed by atoms with Crippen molar-refractivity contribution < 1.29 is 13.3 Å². The molecule has 0 unspecified atom stereocenters. The number of nitrogens with one attached hydrogen (secondary N) is 1. The van der Waals surface area contributed by atoms with E-state index in [4.69, 9.17) is 0 Å². The minimum absolute atomic E-state index is 0.0802. The Labute approximate surface area is 128 Å². The predicted octanol–water partition coefficient (Wildman–Crippen LogP) is 1.60. The summed E-state index contributed by atoms with van der Waals surface area (Å²) in [5.41, 5.74) is 1.37. The lowest BCUT2D eigenvalue weighted by atomic mass is 10.3. The number of hydrogen-bond donors (Lipinski definition) is 1. The fourth-order valence-corrected chi connectivity index (χ4v) is 3.04. The number of sulfonamides is 1. The van der Waals surface area contributed by atoms with Gasteiger partial charge in [-0.05, 0) is 19.9 Å². The Bertz CT molecular complexity index is 798. The number of nitro benzene ring substituents is 1. The van der Waals surface area contributed by atoms with Gasteiger partial charge in [0.1, 0.15) is 0 Å². The first-order valence-electron chi connectivity index (χ1n) is 6.60. The van der Waals surface area contributed by atoms with Gasteiger partial charge in [0.15, 0.2) is 0 Å². The third-order valence-corrected chi connectivity index (χ3v) is 4.69. The van der Waals surface area contributed by atoms with Gasteiger partial charge in [-0.1, -0.05) is 6.07 Å². The molecule has 0 bridgehead atoms. The molecule has 118 valence electrons. The Kier molecular flexibility index (Phi) is 4.57. The van der Waals surface area contributed by atoms with Crippen LogP contribution >= 0.6 is 0 Å². The van der Waals surface area contributed by atoms with Gasteiger partial charge in [0.05, 0.1) is 16.0 Å². The molecular formula is C13H16N4O4S. The number of nitro groups is 1. The molecule has 0 saturated carbocycles. The van der Waals surface area contributed by atoms with Crippen molar-refractivity contribution in [3.63, 3.8) is 0 Å². The number of aryl methyl sites for hydroxylation is 1. The van der Waals surface area contributed by atoms with E-state index in [1.165, 1.54) is 18.2 Å². The Balaban J connectivity index is 2.19. The smallest absolute Gasteiger partial charge is 0.270 e. The maximum Gasteiger partial charge on any atom is 0.270 e. The quantitative estimate of drug-likeness (QED) is 0.641. The van der Waals surface area contributed by atoms with Gasteiger partial charge in [0.2, 0.25) is 10.0 Å². The van der Waals surface area contributed by atoms with E-state index in [2.05, 4.69) is 9.82 Å². The van der Waals surface area contributed by atoms with Crippen molar-refractivity contribution in [1.82, 2.24) is 14.5 Å². The molecule has 0 radical (unpaired) electrons. The second-order valence-corrected chi connectivity index (χ2v) is 6.42. The van der Waals surface area contributed by atoms with Crippen LogP contribution in [0, 0.1) is 17.0 Å². The van der Waals surface area contributed by atoms with Crippen molar-refractivity contribution in [2.24, 2.45) is 0 Å². The van der Waals surface area contributed by atoms with Gasteiger partial charge in [0.25, 0.3) is 5.69 Å². The first-order valence-corrected chi connectivity index (χ1v) is 8.09. The minimum Gasteiger partial charge on any atom is -0.270 e. The normalized spacial score (nSPS) is 11.5. The average molecular weight is 324 g/mol. The number of nitrogens with zero attached hydrogens (tertiary/aromatic N) is 3. The van der Waals surface area contributed by atoms with Crippen molar-refractivity contribution in [1.29, 1.82) is 0 Å². The standard InChI is InChI=1S/C13H16N4O4S/c1-3-16-10(2)11(8-14-16)9-15-22(20,21)13-6-4-5-12(7-13)17(18)19/h4-8,15H,3,9H2,1-2H3. The van der Waals surface area contributed by atoms with Crippen molar-refractivity contribution in [3.05, 3.63) is 51.8 Å². The number of benzene rings is 1. The molecule has 0 aliphatic heterocycles. The van der Waals surface area contributed by atoms with Crippen LogP contribution in [0.25, 0.3) is 0 Å². The monoisotopic (exact) mass is 324 g/mol. The van der Waals surface area contributed by atoms with Crippen LogP contribution in [-0.2, 0) is 23.1 Å². The van der Waals surface area contributed by atoms with Crippen LogP contribution in [0.3, 0.4) is 0 Å². The third-order valence-electron chi connectivity index (χ3n) is 3.30. The molecular weight excluding hydrogens is 308 g/mol. The van der Waals surface area contributed by atoms with Gasteiger partial charge < -0.3 is 0 Å². The number of aromatic nitrogens is 2. The van der Waals surface area contributed by atoms with Gasteiger partial charge in [-0.15, -0.1) is 0 Å². The van der Waals surface area contributed by atoms with Crippen LogP contribution < -0.4 is 4.72 Å². The zero-order valence-electron chi connectivity index (χ0n) is 12.2. The van der Waals surface area contributed by atoms with E-state index in [1.807, 2.05) is 13.8 Å².